The lowest BCUT2D eigenvalue weighted by Crippen LogP contribution is -1.90. The number of rotatable bonds is 5. The van der Waals surface area contributed by atoms with Crippen molar-refractivity contribution in [3.05, 3.63) is 0 Å². The molecule has 0 radical (unpaired) electrons. The van der Waals surface area contributed by atoms with E-state index >= 15 is 0 Å². The Bertz CT molecular complexity index is 228. The molecule has 3 nitrogen and oxygen atoms in total. The van der Waals surface area contributed by atoms with Crippen LogP contribution in [-0.2, 0) is 4.74 Å². The van der Waals surface area contributed by atoms with Gasteiger partial charge in [0, 0.05) is 12.9 Å². The van der Waals surface area contributed by atoms with Crippen molar-refractivity contribution in [2.75, 3.05) is 25.7 Å². The van der Waals surface area contributed by atoms with Crippen molar-refractivity contribution in [1.29, 1.82) is 0 Å². The van der Waals surface area contributed by atoms with Gasteiger partial charge in [0.15, 0.2) is 8.68 Å². The molecule has 0 amide bonds. The first-order chi connectivity index (χ1) is 5.86. The van der Waals surface area contributed by atoms with Crippen LogP contribution < -0.4 is 0 Å². The summed E-state index contributed by atoms with van der Waals surface area (Å²) in [5, 5.41) is 8.00. The molecule has 0 atom stereocenters. The predicted octanol–water partition coefficient (Wildman–Crippen LogP) is 2.00. The van der Waals surface area contributed by atoms with E-state index in [9.17, 15) is 0 Å². The summed E-state index contributed by atoms with van der Waals surface area (Å²) >= 11 is 4.95. The normalized spacial score (nSPS) is 10.5. The predicted molar refractivity (Wildman–Crippen MR) is 54.3 cm³/mol. The molecule has 0 aliphatic heterocycles. The zero-order chi connectivity index (χ0) is 8.81. The van der Waals surface area contributed by atoms with Crippen LogP contribution in [0.25, 0.3) is 0 Å². The number of ether oxygens (including phenoxy) is 1. The quantitative estimate of drug-likeness (QED) is 0.562. The molecule has 0 aliphatic carbocycles. The lowest BCUT2D eigenvalue weighted by Gasteiger charge is -1.93. The second kappa shape index (κ2) is 5.80. The van der Waals surface area contributed by atoms with E-state index in [0.717, 1.165) is 21.0 Å². The van der Waals surface area contributed by atoms with Gasteiger partial charge in [0.2, 0.25) is 0 Å². The number of nitrogens with zero attached hydrogens (tertiary/aromatic N) is 2. The van der Waals surface area contributed by atoms with Crippen LogP contribution in [0.1, 0.15) is 0 Å². The first kappa shape index (κ1) is 10.3. The summed E-state index contributed by atoms with van der Waals surface area (Å²) in [5.41, 5.74) is 0. The number of thioether (sulfide) groups is 2. The Morgan fingerprint density at radius 3 is 2.75 bits per heavy atom. The molecule has 1 aromatic rings. The number of hydrogen-bond donors (Lipinski definition) is 0. The van der Waals surface area contributed by atoms with Gasteiger partial charge in [-0.15, -0.1) is 10.2 Å². The van der Waals surface area contributed by atoms with Crippen LogP contribution in [0.4, 0.5) is 0 Å². The fourth-order valence-corrected chi connectivity index (χ4v) is 2.96. The molecule has 0 aromatic carbocycles. The third-order valence-corrected chi connectivity index (χ3v) is 4.07. The number of hydrogen-bond acceptors (Lipinski definition) is 6. The van der Waals surface area contributed by atoms with Gasteiger partial charge in [-0.05, 0) is 6.26 Å². The van der Waals surface area contributed by atoms with Crippen molar-refractivity contribution in [3.8, 4) is 0 Å². The highest BCUT2D eigenvalue weighted by molar-refractivity contribution is 8.02. The molecule has 1 heterocycles. The van der Waals surface area contributed by atoms with Crippen molar-refractivity contribution in [2.24, 2.45) is 0 Å². The molecule has 0 aliphatic rings. The third-order valence-electron chi connectivity index (χ3n) is 1.08. The van der Waals surface area contributed by atoms with Crippen LogP contribution >= 0.6 is 34.9 Å². The molecule has 12 heavy (non-hydrogen) atoms. The molecular weight excluding hydrogens is 212 g/mol. The van der Waals surface area contributed by atoms with Gasteiger partial charge in [0.1, 0.15) is 0 Å². The highest BCUT2D eigenvalue weighted by Crippen LogP contribution is 2.26. The van der Waals surface area contributed by atoms with Crippen molar-refractivity contribution >= 4 is 34.9 Å². The van der Waals surface area contributed by atoms with E-state index in [0.29, 0.717) is 0 Å². The lowest BCUT2D eigenvalue weighted by atomic mass is 10.9. The maximum atomic E-state index is 4.93. The van der Waals surface area contributed by atoms with Crippen molar-refractivity contribution in [3.63, 3.8) is 0 Å². The van der Waals surface area contributed by atoms with E-state index in [1.807, 2.05) is 6.26 Å². The first-order valence-corrected chi connectivity index (χ1v) is 6.38. The maximum absolute atomic E-state index is 4.93. The molecule has 0 N–H and O–H groups in total. The molecule has 68 valence electrons. The Hall–Kier alpha value is 0.220. The van der Waals surface area contributed by atoms with Gasteiger partial charge in [-0.25, -0.2) is 0 Å². The van der Waals surface area contributed by atoms with Gasteiger partial charge < -0.3 is 4.74 Å². The van der Waals surface area contributed by atoms with E-state index in [-0.39, 0.29) is 0 Å². The molecule has 6 heteroatoms. The SMILES string of the molecule is COCCSc1nnc(SC)s1. The minimum Gasteiger partial charge on any atom is -0.384 e. The van der Waals surface area contributed by atoms with E-state index in [2.05, 4.69) is 10.2 Å². The maximum Gasteiger partial charge on any atom is 0.175 e. The Morgan fingerprint density at radius 1 is 1.42 bits per heavy atom. The molecular formula is C6H10N2OS3. The number of aromatic nitrogens is 2. The first-order valence-electron chi connectivity index (χ1n) is 3.36. The smallest absolute Gasteiger partial charge is 0.175 e. The van der Waals surface area contributed by atoms with Gasteiger partial charge >= 0.3 is 0 Å². The summed E-state index contributed by atoms with van der Waals surface area (Å²) in [7, 11) is 1.70. The zero-order valence-corrected chi connectivity index (χ0v) is 9.39. The third kappa shape index (κ3) is 3.30. The van der Waals surface area contributed by atoms with Crippen LogP contribution in [0.15, 0.2) is 8.68 Å². The minimum atomic E-state index is 0.763. The summed E-state index contributed by atoms with van der Waals surface area (Å²) in [6.45, 7) is 0.763. The van der Waals surface area contributed by atoms with Crippen molar-refractivity contribution in [1.82, 2.24) is 10.2 Å². The van der Waals surface area contributed by atoms with Gasteiger partial charge in [0.05, 0.1) is 6.61 Å². The zero-order valence-electron chi connectivity index (χ0n) is 6.94. The number of methoxy groups -OCH3 is 1. The van der Waals surface area contributed by atoms with Crippen LogP contribution in [0.3, 0.4) is 0 Å². The van der Waals surface area contributed by atoms with Gasteiger partial charge in [0.25, 0.3) is 0 Å². The Labute approximate surface area is 84.3 Å². The highest BCUT2D eigenvalue weighted by atomic mass is 32.2. The van der Waals surface area contributed by atoms with Gasteiger partial charge in [-0.1, -0.05) is 34.9 Å². The van der Waals surface area contributed by atoms with Crippen molar-refractivity contribution < 1.29 is 4.74 Å². The summed E-state index contributed by atoms with van der Waals surface area (Å²) in [4.78, 5) is 0. The largest absolute Gasteiger partial charge is 0.384 e. The summed E-state index contributed by atoms with van der Waals surface area (Å²) in [6, 6.07) is 0. The molecule has 0 saturated heterocycles. The summed E-state index contributed by atoms with van der Waals surface area (Å²) in [5.74, 6) is 0.944. The molecule has 0 fully saturated rings. The van der Waals surface area contributed by atoms with E-state index in [4.69, 9.17) is 4.74 Å². The van der Waals surface area contributed by atoms with Gasteiger partial charge in [-0.3, -0.25) is 0 Å². The topological polar surface area (TPSA) is 35.0 Å². The molecule has 1 rings (SSSR count). The average Bonchev–Trinajstić information content (AvgIpc) is 2.53. The molecule has 0 unspecified atom stereocenters. The second-order valence-corrected chi connectivity index (χ2v) is 5.25. The second-order valence-electron chi connectivity index (χ2n) is 1.88. The monoisotopic (exact) mass is 222 g/mol. The lowest BCUT2D eigenvalue weighted by molar-refractivity contribution is 0.218. The molecule has 1 aromatic heterocycles. The Balaban J connectivity index is 2.31. The van der Waals surface area contributed by atoms with E-state index in [1.54, 1.807) is 42.0 Å². The van der Waals surface area contributed by atoms with E-state index in [1.165, 1.54) is 0 Å². The van der Waals surface area contributed by atoms with Crippen LogP contribution in [0.2, 0.25) is 0 Å². The summed E-state index contributed by atoms with van der Waals surface area (Å²) in [6.07, 6.45) is 2.00. The Morgan fingerprint density at radius 2 is 2.17 bits per heavy atom. The van der Waals surface area contributed by atoms with Crippen LogP contribution in [0.5, 0.6) is 0 Å². The van der Waals surface area contributed by atoms with Crippen LogP contribution in [-0.4, -0.2) is 35.9 Å². The fourth-order valence-electron chi connectivity index (χ4n) is 0.550. The van der Waals surface area contributed by atoms with E-state index < -0.39 is 0 Å². The van der Waals surface area contributed by atoms with Crippen LogP contribution in [0, 0.1) is 0 Å². The van der Waals surface area contributed by atoms with Gasteiger partial charge in [-0.2, -0.15) is 0 Å². The standard InChI is InChI=1S/C6H10N2OS3/c1-9-3-4-11-6-8-7-5(10-2)12-6/h3-4H2,1-2H3. The highest BCUT2D eigenvalue weighted by Gasteiger charge is 2.02. The average molecular weight is 222 g/mol. The molecule has 0 bridgehead atoms. The molecule has 0 saturated carbocycles. The minimum absolute atomic E-state index is 0.763. The molecule has 0 spiro atoms. The fraction of sp³-hybridized carbons (Fsp3) is 0.667. The van der Waals surface area contributed by atoms with Crippen molar-refractivity contribution in [2.45, 2.75) is 8.68 Å². The summed E-state index contributed by atoms with van der Waals surface area (Å²) < 4.78 is 6.97. The Kier molecular flexibility index (Phi) is 4.98.